The van der Waals surface area contributed by atoms with Crippen molar-refractivity contribution in [1.82, 2.24) is 0 Å². The van der Waals surface area contributed by atoms with Crippen LogP contribution in [0.2, 0.25) is 0 Å². The number of nitrogen functional groups attached to an aromatic ring is 1. The summed E-state index contributed by atoms with van der Waals surface area (Å²) in [6.07, 6.45) is -4.35. The van der Waals surface area contributed by atoms with Crippen molar-refractivity contribution in [1.29, 1.82) is 0 Å². The van der Waals surface area contributed by atoms with Crippen LogP contribution in [-0.4, -0.2) is 12.8 Å². The first-order valence-corrected chi connectivity index (χ1v) is 5.60. The molecule has 19 heavy (non-hydrogen) atoms. The second-order valence-electron chi connectivity index (χ2n) is 4.02. The lowest BCUT2D eigenvalue weighted by molar-refractivity contribution is -0.153. The molecule has 2 N–H and O–H groups in total. The van der Waals surface area contributed by atoms with Crippen molar-refractivity contribution in [3.8, 4) is 16.9 Å². The van der Waals surface area contributed by atoms with Crippen molar-refractivity contribution in [2.45, 2.75) is 6.18 Å². The topological polar surface area (TPSA) is 35.2 Å². The first-order chi connectivity index (χ1) is 8.96. The Labute approximate surface area is 108 Å². The molecule has 2 rings (SSSR count). The zero-order valence-electron chi connectivity index (χ0n) is 9.95. The number of alkyl halides is 3. The second kappa shape index (κ2) is 5.22. The molecule has 0 saturated carbocycles. The summed E-state index contributed by atoms with van der Waals surface area (Å²) in [6, 6.07) is 13.6. The van der Waals surface area contributed by atoms with Crippen LogP contribution in [-0.2, 0) is 0 Å². The van der Waals surface area contributed by atoms with Crippen LogP contribution in [0.3, 0.4) is 0 Å². The lowest BCUT2D eigenvalue weighted by atomic mass is 10.0. The molecule has 2 nitrogen and oxygen atoms in total. The molecule has 0 fully saturated rings. The van der Waals surface area contributed by atoms with Crippen molar-refractivity contribution in [2.24, 2.45) is 0 Å². The lowest BCUT2D eigenvalue weighted by Crippen LogP contribution is -2.19. The lowest BCUT2D eigenvalue weighted by Gasteiger charge is -2.12. The number of ether oxygens (including phenoxy) is 1. The zero-order chi connectivity index (χ0) is 13.9. The molecule has 0 saturated heterocycles. The van der Waals surface area contributed by atoms with E-state index in [9.17, 15) is 13.2 Å². The highest BCUT2D eigenvalue weighted by Gasteiger charge is 2.28. The van der Waals surface area contributed by atoms with Crippen molar-refractivity contribution in [3.05, 3.63) is 48.5 Å². The summed E-state index contributed by atoms with van der Waals surface area (Å²) in [5.74, 6) is 0.144. The number of halogens is 3. The smallest absolute Gasteiger partial charge is 0.422 e. The number of nitrogens with two attached hydrogens (primary N) is 1. The Morgan fingerprint density at radius 1 is 1.00 bits per heavy atom. The van der Waals surface area contributed by atoms with Crippen LogP contribution in [0.25, 0.3) is 11.1 Å². The van der Waals surface area contributed by atoms with Crippen LogP contribution in [0, 0.1) is 0 Å². The number of benzene rings is 2. The average Bonchev–Trinajstić information content (AvgIpc) is 2.38. The van der Waals surface area contributed by atoms with E-state index in [1.54, 1.807) is 0 Å². The average molecular weight is 267 g/mol. The molecule has 0 unspecified atom stereocenters. The maximum Gasteiger partial charge on any atom is 0.422 e. The molecular weight excluding hydrogens is 255 g/mol. The van der Waals surface area contributed by atoms with Crippen LogP contribution >= 0.6 is 0 Å². The molecule has 0 atom stereocenters. The van der Waals surface area contributed by atoms with Gasteiger partial charge >= 0.3 is 6.18 Å². The SMILES string of the molecule is Nc1ccc(OCC(F)(F)F)cc1-c1ccccc1. The van der Waals surface area contributed by atoms with Gasteiger partial charge in [-0.3, -0.25) is 0 Å². The third kappa shape index (κ3) is 3.64. The quantitative estimate of drug-likeness (QED) is 0.856. The van der Waals surface area contributed by atoms with Crippen LogP contribution < -0.4 is 10.5 Å². The fourth-order valence-electron chi connectivity index (χ4n) is 1.66. The Hall–Kier alpha value is -2.17. The van der Waals surface area contributed by atoms with Crippen molar-refractivity contribution in [3.63, 3.8) is 0 Å². The van der Waals surface area contributed by atoms with E-state index < -0.39 is 12.8 Å². The second-order valence-corrected chi connectivity index (χ2v) is 4.02. The highest BCUT2D eigenvalue weighted by atomic mass is 19.4. The van der Waals surface area contributed by atoms with Gasteiger partial charge in [0.15, 0.2) is 6.61 Å². The minimum Gasteiger partial charge on any atom is -0.484 e. The summed E-state index contributed by atoms with van der Waals surface area (Å²) in [5, 5.41) is 0. The van der Waals surface area contributed by atoms with E-state index >= 15 is 0 Å². The number of hydrogen-bond acceptors (Lipinski definition) is 2. The van der Waals surface area contributed by atoms with Gasteiger partial charge in [-0.05, 0) is 23.8 Å². The van der Waals surface area contributed by atoms with Gasteiger partial charge in [0.05, 0.1) is 0 Å². The van der Waals surface area contributed by atoms with Gasteiger partial charge in [0, 0.05) is 11.3 Å². The van der Waals surface area contributed by atoms with E-state index in [-0.39, 0.29) is 5.75 Å². The molecule has 0 aliphatic rings. The Kier molecular flexibility index (Phi) is 3.64. The van der Waals surface area contributed by atoms with Crippen molar-refractivity contribution >= 4 is 5.69 Å². The minimum atomic E-state index is -4.35. The first-order valence-electron chi connectivity index (χ1n) is 5.60. The van der Waals surface area contributed by atoms with E-state index in [1.807, 2.05) is 30.3 Å². The van der Waals surface area contributed by atoms with Crippen molar-refractivity contribution < 1.29 is 17.9 Å². The van der Waals surface area contributed by atoms with E-state index in [2.05, 4.69) is 0 Å². The molecule has 0 amide bonds. The molecule has 0 heterocycles. The largest absolute Gasteiger partial charge is 0.484 e. The monoisotopic (exact) mass is 267 g/mol. The van der Waals surface area contributed by atoms with Gasteiger partial charge in [0.1, 0.15) is 5.75 Å². The molecule has 0 aliphatic carbocycles. The molecule has 0 aliphatic heterocycles. The maximum atomic E-state index is 12.1. The maximum absolute atomic E-state index is 12.1. The van der Waals surface area contributed by atoms with Crippen LogP contribution in [0.5, 0.6) is 5.75 Å². The molecule has 0 spiro atoms. The summed E-state index contributed by atoms with van der Waals surface area (Å²) in [6.45, 7) is -1.31. The predicted molar refractivity (Wildman–Crippen MR) is 67.8 cm³/mol. The van der Waals surface area contributed by atoms with Gasteiger partial charge in [0.2, 0.25) is 0 Å². The molecule has 0 radical (unpaired) electrons. The Bertz CT molecular complexity index is 552. The molecule has 0 aromatic heterocycles. The van der Waals surface area contributed by atoms with E-state index in [0.717, 1.165) is 5.56 Å². The Morgan fingerprint density at radius 3 is 2.32 bits per heavy atom. The predicted octanol–water partition coefficient (Wildman–Crippen LogP) is 3.88. The minimum absolute atomic E-state index is 0.144. The summed E-state index contributed by atoms with van der Waals surface area (Å²) >= 11 is 0. The third-order valence-corrected chi connectivity index (χ3v) is 2.51. The Balaban J connectivity index is 2.25. The van der Waals surface area contributed by atoms with Gasteiger partial charge in [-0.25, -0.2) is 0 Å². The Morgan fingerprint density at radius 2 is 1.68 bits per heavy atom. The van der Waals surface area contributed by atoms with Crippen LogP contribution in [0.1, 0.15) is 0 Å². The van der Waals surface area contributed by atoms with Gasteiger partial charge < -0.3 is 10.5 Å². The van der Waals surface area contributed by atoms with E-state index in [1.165, 1.54) is 18.2 Å². The van der Waals surface area contributed by atoms with Gasteiger partial charge in [0.25, 0.3) is 0 Å². The number of anilines is 1. The van der Waals surface area contributed by atoms with Gasteiger partial charge in [-0.2, -0.15) is 13.2 Å². The summed E-state index contributed by atoms with van der Waals surface area (Å²) in [5.41, 5.74) is 7.80. The van der Waals surface area contributed by atoms with Gasteiger partial charge in [-0.1, -0.05) is 30.3 Å². The van der Waals surface area contributed by atoms with Crippen LogP contribution in [0.15, 0.2) is 48.5 Å². The molecule has 0 bridgehead atoms. The zero-order valence-corrected chi connectivity index (χ0v) is 9.95. The summed E-state index contributed by atoms with van der Waals surface area (Å²) in [4.78, 5) is 0. The normalized spacial score (nSPS) is 11.3. The van der Waals surface area contributed by atoms with Crippen molar-refractivity contribution in [2.75, 3.05) is 12.3 Å². The number of rotatable bonds is 3. The highest BCUT2D eigenvalue weighted by Crippen LogP contribution is 2.30. The van der Waals surface area contributed by atoms with Crippen LogP contribution in [0.4, 0.5) is 18.9 Å². The van der Waals surface area contributed by atoms with E-state index in [0.29, 0.717) is 11.3 Å². The molecule has 2 aromatic carbocycles. The molecular formula is C14H12F3NO. The number of hydrogen-bond donors (Lipinski definition) is 1. The van der Waals surface area contributed by atoms with E-state index in [4.69, 9.17) is 10.5 Å². The first kappa shape index (κ1) is 13.3. The fourth-order valence-corrected chi connectivity index (χ4v) is 1.66. The van der Waals surface area contributed by atoms with Gasteiger partial charge in [-0.15, -0.1) is 0 Å². The molecule has 100 valence electrons. The fraction of sp³-hybridized carbons (Fsp3) is 0.143. The molecule has 2 aromatic rings. The summed E-state index contributed by atoms with van der Waals surface area (Å²) < 4.78 is 41.0. The third-order valence-electron chi connectivity index (χ3n) is 2.51. The highest BCUT2D eigenvalue weighted by molar-refractivity contribution is 5.77. The molecule has 5 heteroatoms. The summed E-state index contributed by atoms with van der Waals surface area (Å²) in [7, 11) is 0. The standard InChI is InChI=1S/C14H12F3NO/c15-14(16,17)9-19-11-6-7-13(18)12(8-11)10-4-2-1-3-5-10/h1-8H,9,18H2.